The zero-order valence-corrected chi connectivity index (χ0v) is 14.5. The van der Waals surface area contributed by atoms with E-state index < -0.39 is 5.97 Å². The fourth-order valence-corrected chi connectivity index (χ4v) is 3.23. The van der Waals surface area contributed by atoms with E-state index in [9.17, 15) is 9.59 Å². The molecule has 0 spiro atoms. The van der Waals surface area contributed by atoms with Crippen LogP contribution in [0.3, 0.4) is 0 Å². The van der Waals surface area contributed by atoms with Gasteiger partial charge >= 0.3 is 12.0 Å². The molecule has 7 nitrogen and oxygen atoms in total. The number of carbonyl (C=O) groups excluding carboxylic acids is 1. The molecule has 2 N–H and O–H groups in total. The van der Waals surface area contributed by atoms with E-state index in [1.165, 1.54) is 18.4 Å². The maximum absolute atomic E-state index is 12.3. The number of amides is 2. The van der Waals surface area contributed by atoms with Crippen LogP contribution in [0.15, 0.2) is 11.6 Å². The highest BCUT2D eigenvalue weighted by molar-refractivity contribution is 5.74. The van der Waals surface area contributed by atoms with Gasteiger partial charge in [-0.2, -0.15) is 0 Å². The topological polar surface area (TPSA) is 82.1 Å². The second kappa shape index (κ2) is 9.64. The van der Waals surface area contributed by atoms with Gasteiger partial charge in [0.2, 0.25) is 0 Å². The van der Waals surface area contributed by atoms with Crippen LogP contribution < -0.4 is 5.32 Å². The number of aliphatic carboxylic acids is 1. The van der Waals surface area contributed by atoms with Crippen LogP contribution in [0.1, 0.15) is 32.1 Å². The standard InChI is InChI=1S/C17H29N3O4/c1-19(13-16(21)22)11-15-12-20(9-10-24-15)17(23)18-8-7-14-5-3-2-4-6-14/h5,15H,2-4,6-13H2,1H3,(H,18,23)(H,21,22). The van der Waals surface area contributed by atoms with Gasteiger partial charge in [0.1, 0.15) is 0 Å². The third kappa shape index (κ3) is 6.49. The lowest BCUT2D eigenvalue weighted by molar-refractivity contribution is -0.138. The van der Waals surface area contributed by atoms with E-state index >= 15 is 0 Å². The van der Waals surface area contributed by atoms with Gasteiger partial charge in [0.25, 0.3) is 0 Å². The van der Waals surface area contributed by atoms with E-state index in [1.54, 1.807) is 16.8 Å². The van der Waals surface area contributed by atoms with Crippen molar-refractivity contribution in [3.63, 3.8) is 0 Å². The van der Waals surface area contributed by atoms with Gasteiger partial charge in [0.15, 0.2) is 0 Å². The molecule has 136 valence electrons. The van der Waals surface area contributed by atoms with Crippen molar-refractivity contribution in [1.82, 2.24) is 15.1 Å². The minimum absolute atomic E-state index is 0.0266. The molecule has 1 unspecified atom stereocenters. The summed E-state index contributed by atoms with van der Waals surface area (Å²) >= 11 is 0. The van der Waals surface area contributed by atoms with Crippen molar-refractivity contribution in [1.29, 1.82) is 0 Å². The number of carboxylic acids is 1. The number of nitrogens with zero attached hydrogens (tertiary/aromatic N) is 2. The largest absolute Gasteiger partial charge is 0.480 e. The summed E-state index contributed by atoms with van der Waals surface area (Å²) in [6.07, 6.45) is 7.95. The van der Waals surface area contributed by atoms with Gasteiger partial charge in [0.05, 0.1) is 19.3 Å². The van der Waals surface area contributed by atoms with Crippen LogP contribution in [0, 0.1) is 0 Å². The molecule has 0 bridgehead atoms. The third-order valence-corrected chi connectivity index (χ3v) is 4.45. The van der Waals surface area contributed by atoms with Crippen molar-refractivity contribution in [2.75, 3.05) is 46.4 Å². The Balaban J connectivity index is 1.69. The number of carboxylic acid groups (broad SMARTS) is 1. The maximum atomic E-state index is 12.3. The van der Waals surface area contributed by atoms with Crippen molar-refractivity contribution in [3.8, 4) is 0 Å². The summed E-state index contributed by atoms with van der Waals surface area (Å²) in [5.41, 5.74) is 1.46. The molecule has 0 aromatic carbocycles. The summed E-state index contributed by atoms with van der Waals surface area (Å²) in [6, 6.07) is -0.0550. The molecule has 2 amide bonds. The van der Waals surface area contributed by atoms with Crippen LogP contribution in [-0.4, -0.2) is 79.4 Å². The monoisotopic (exact) mass is 339 g/mol. The van der Waals surface area contributed by atoms with Crippen LogP contribution in [0.4, 0.5) is 4.79 Å². The number of hydrogen-bond donors (Lipinski definition) is 2. The number of hydrogen-bond acceptors (Lipinski definition) is 4. The number of ether oxygens (including phenoxy) is 1. The molecular formula is C17H29N3O4. The zero-order chi connectivity index (χ0) is 17.4. The van der Waals surface area contributed by atoms with Crippen molar-refractivity contribution >= 4 is 12.0 Å². The smallest absolute Gasteiger partial charge is 0.317 e. The van der Waals surface area contributed by atoms with Gasteiger partial charge in [-0.3, -0.25) is 9.69 Å². The summed E-state index contributed by atoms with van der Waals surface area (Å²) in [5.74, 6) is -0.861. The number of urea groups is 1. The van der Waals surface area contributed by atoms with Crippen molar-refractivity contribution in [2.45, 2.75) is 38.2 Å². The molecule has 2 rings (SSSR count). The summed E-state index contributed by atoms with van der Waals surface area (Å²) < 4.78 is 5.64. The average Bonchev–Trinajstić information content (AvgIpc) is 2.55. The van der Waals surface area contributed by atoms with Crippen molar-refractivity contribution < 1.29 is 19.4 Å². The highest BCUT2D eigenvalue weighted by atomic mass is 16.5. The molecule has 0 aromatic rings. The lowest BCUT2D eigenvalue weighted by Crippen LogP contribution is -2.52. The number of morpholine rings is 1. The number of nitrogens with one attached hydrogen (secondary N) is 1. The van der Waals surface area contributed by atoms with E-state index in [1.807, 2.05) is 0 Å². The Morgan fingerprint density at radius 2 is 2.29 bits per heavy atom. The molecule has 0 saturated carbocycles. The van der Waals surface area contributed by atoms with Crippen LogP contribution in [0.2, 0.25) is 0 Å². The first-order valence-corrected chi connectivity index (χ1v) is 8.77. The van der Waals surface area contributed by atoms with Gasteiger partial charge in [-0.25, -0.2) is 4.79 Å². The van der Waals surface area contributed by atoms with Gasteiger partial charge < -0.3 is 20.1 Å². The molecule has 0 radical (unpaired) electrons. The molecule has 1 aliphatic heterocycles. The Hall–Kier alpha value is -1.60. The number of carbonyl (C=O) groups is 2. The molecule has 0 aromatic heterocycles. The molecule has 24 heavy (non-hydrogen) atoms. The van der Waals surface area contributed by atoms with Crippen LogP contribution >= 0.6 is 0 Å². The number of allylic oxidation sites excluding steroid dienone is 1. The number of likely N-dealkylation sites (N-methyl/N-ethyl adjacent to an activating group) is 1. The minimum Gasteiger partial charge on any atom is -0.480 e. The van der Waals surface area contributed by atoms with E-state index in [4.69, 9.17) is 9.84 Å². The molecule has 1 aliphatic carbocycles. The minimum atomic E-state index is -0.861. The lowest BCUT2D eigenvalue weighted by Gasteiger charge is -2.34. The molecular weight excluding hydrogens is 310 g/mol. The second-order valence-corrected chi connectivity index (χ2v) is 6.62. The average molecular weight is 339 g/mol. The Labute approximate surface area is 143 Å². The molecule has 7 heteroatoms. The summed E-state index contributed by atoms with van der Waals surface area (Å²) in [7, 11) is 1.74. The first kappa shape index (κ1) is 18.7. The second-order valence-electron chi connectivity index (χ2n) is 6.62. The van der Waals surface area contributed by atoms with Gasteiger partial charge in [0, 0.05) is 26.2 Å². The highest BCUT2D eigenvalue weighted by Crippen LogP contribution is 2.19. The van der Waals surface area contributed by atoms with Crippen molar-refractivity contribution in [3.05, 3.63) is 11.6 Å². The molecule has 2 aliphatic rings. The summed E-state index contributed by atoms with van der Waals surface area (Å²) in [5, 5.41) is 11.8. The Bertz CT molecular complexity index is 467. The molecule has 1 heterocycles. The maximum Gasteiger partial charge on any atom is 0.317 e. The van der Waals surface area contributed by atoms with Crippen LogP contribution in [0.25, 0.3) is 0 Å². The normalized spacial score (nSPS) is 21.5. The van der Waals surface area contributed by atoms with Gasteiger partial charge in [-0.1, -0.05) is 11.6 Å². The quantitative estimate of drug-likeness (QED) is 0.683. The first-order valence-electron chi connectivity index (χ1n) is 8.77. The van der Waals surface area contributed by atoms with E-state index in [0.29, 0.717) is 32.8 Å². The van der Waals surface area contributed by atoms with E-state index in [-0.39, 0.29) is 18.7 Å². The van der Waals surface area contributed by atoms with Crippen LogP contribution in [-0.2, 0) is 9.53 Å². The van der Waals surface area contributed by atoms with E-state index in [2.05, 4.69) is 11.4 Å². The lowest BCUT2D eigenvalue weighted by atomic mass is 9.97. The zero-order valence-electron chi connectivity index (χ0n) is 14.5. The Morgan fingerprint density at radius 3 is 3.00 bits per heavy atom. The van der Waals surface area contributed by atoms with Gasteiger partial charge in [-0.05, 0) is 39.2 Å². The summed E-state index contributed by atoms with van der Waals surface area (Å²) in [6.45, 7) is 2.71. The predicted molar refractivity (Wildman–Crippen MR) is 91.0 cm³/mol. The van der Waals surface area contributed by atoms with Crippen LogP contribution in [0.5, 0.6) is 0 Å². The Morgan fingerprint density at radius 1 is 1.46 bits per heavy atom. The highest BCUT2D eigenvalue weighted by Gasteiger charge is 2.25. The Kier molecular flexibility index (Phi) is 7.52. The van der Waals surface area contributed by atoms with Gasteiger partial charge in [-0.15, -0.1) is 0 Å². The molecule has 1 atom stereocenters. The van der Waals surface area contributed by atoms with E-state index in [0.717, 1.165) is 19.3 Å². The summed E-state index contributed by atoms with van der Waals surface area (Å²) in [4.78, 5) is 26.5. The van der Waals surface area contributed by atoms with Crippen molar-refractivity contribution in [2.24, 2.45) is 0 Å². The first-order chi connectivity index (χ1) is 11.5. The predicted octanol–water partition coefficient (Wildman–Crippen LogP) is 1.30. The molecule has 1 saturated heterocycles. The third-order valence-electron chi connectivity index (χ3n) is 4.45. The fraction of sp³-hybridized carbons (Fsp3) is 0.765. The molecule has 1 fully saturated rings. The fourth-order valence-electron chi connectivity index (χ4n) is 3.23. The SMILES string of the molecule is CN(CC(=O)O)CC1CN(C(=O)NCCC2=CCCCC2)CCO1. The number of rotatable bonds is 7.